The molecule has 0 spiro atoms. The standard InChI is InChI=1S/C14H23NOS/c1-5-6-7-11(2)14(3,4)15-13(16)12-8-9-17-10-12/h8-11H,5-7H2,1-4H3,(H,15,16). The Balaban J connectivity index is 2.56. The summed E-state index contributed by atoms with van der Waals surface area (Å²) in [6.07, 6.45) is 3.59. The van der Waals surface area contributed by atoms with E-state index in [-0.39, 0.29) is 11.4 Å². The lowest BCUT2D eigenvalue weighted by atomic mass is 9.85. The van der Waals surface area contributed by atoms with Crippen molar-refractivity contribution in [3.8, 4) is 0 Å². The molecule has 17 heavy (non-hydrogen) atoms. The van der Waals surface area contributed by atoms with Gasteiger partial charge in [-0.25, -0.2) is 0 Å². The van der Waals surface area contributed by atoms with E-state index in [1.54, 1.807) is 11.3 Å². The molecule has 96 valence electrons. The molecule has 0 aromatic carbocycles. The van der Waals surface area contributed by atoms with Gasteiger partial charge in [0.1, 0.15) is 0 Å². The van der Waals surface area contributed by atoms with Gasteiger partial charge in [-0.15, -0.1) is 0 Å². The van der Waals surface area contributed by atoms with Crippen molar-refractivity contribution in [3.05, 3.63) is 22.4 Å². The van der Waals surface area contributed by atoms with Crippen molar-refractivity contribution >= 4 is 17.2 Å². The van der Waals surface area contributed by atoms with Crippen LogP contribution >= 0.6 is 11.3 Å². The normalized spacial score (nSPS) is 13.4. The number of rotatable bonds is 6. The van der Waals surface area contributed by atoms with Crippen LogP contribution in [0.4, 0.5) is 0 Å². The highest BCUT2D eigenvalue weighted by Gasteiger charge is 2.27. The molecule has 0 aliphatic heterocycles. The molecule has 1 amide bonds. The van der Waals surface area contributed by atoms with Crippen LogP contribution in [-0.4, -0.2) is 11.4 Å². The highest BCUT2D eigenvalue weighted by Crippen LogP contribution is 2.22. The molecule has 0 saturated carbocycles. The Morgan fingerprint density at radius 1 is 1.53 bits per heavy atom. The van der Waals surface area contributed by atoms with E-state index >= 15 is 0 Å². The Morgan fingerprint density at radius 3 is 2.76 bits per heavy atom. The highest BCUT2D eigenvalue weighted by atomic mass is 32.1. The summed E-state index contributed by atoms with van der Waals surface area (Å²) >= 11 is 1.56. The quantitative estimate of drug-likeness (QED) is 0.813. The number of carbonyl (C=O) groups is 1. The molecule has 1 aromatic heterocycles. The molecule has 0 bridgehead atoms. The molecule has 1 unspecified atom stereocenters. The van der Waals surface area contributed by atoms with E-state index in [9.17, 15) is 4.79 Å². The maximum absolute atomic E-state index is 12.0. The van der Waals surface area contributed by atoms with Crippen LogP contribution in [0, 0.1) is 5.92 Å². The second kappa shape index (κ2) is 6.20. The average Bonchev–Trinajstić information content (AvgIpc) is 2.78. The van der Waals surface area contributed by atoms with Crippen molar-refractivity contribution in [2.24, 2.45) is 5.92 Å². The van der Waals surface area contributed by atoms with Gasteiger partial charge >= 0.3 is 0 Å². The van der Waals surface area contributed by atoms with Crippen LogP contribution in [0.25, 0.3) is 0 Å². The van der Waals surface area contributed by atoms with Gasteiger partial charge in [-0.1, -0.05) is 26.7 Å². The monoisotopic (exact) mass is 253 g/mol. The molecule has 2 nitrogen and oxygen atoms in total. The lowest BCUT2D eigenvalue weighted by Crippen LogP contribution is -2.48. The first-order valence-electron chi connectivity index (χ1n) is 6.32. The minimum Gasteiger partial charge on any atom is -0.347 e. The summed E-state index contributed by atoms with van der Waals surface area (Å²) in [6, 6.07) is 1.87. The highest BCUT2D eigenvalue weighted by molar-refractivity contribution is 7.08. The zero-order chi connectivity index (χ0) is 12.9. The molecular formula is C14H23NOS. The van der Waals surface area contributed by atoms with Gasteiger partial charge < -0.3 is 5.32 Å². The molecule has 0 saturated heterocycles. The summed E-state index contributed by atoms with van der Waals surface area (Å²) in [5, 5.41) is 6.96. The third-order valence-corrected chi connectivity index (χ3v) is 4.12. The summed E-state index contributed by atoms with van der Waals surface area (Å²) in [5.41, 5.74) is 0.625. The fourth-order valence-electron chi connectivity index (χ4n) is 1.75. The maximum atomic E-state index is 12.0. The van der Waals surface area contributed by atoms with Gasteiger partial charge in [-0.05, 0) is 37.6 Å². The van der Waals surface area contributed by atoms with Crippen molar-refractivity contribution in [2.45, 2.75) is 52.5 Å². The fraction of sp³-hybridized carbons (Fsp3) is 0.643. The van der Waals surface area contributed by atoms with Crippen molar-refractivity contribution in [1.29, 1.82) is 0 Å². The first-order chi connectivity index (χ1) is 7.97. The van der Waals surface area contributed by atoms with Gasteiger partial charge in [0.25, 0.3) is 5.91 Å². The second-order valence-electron chi connectivity index (χ2n) is 5.23. The Hall–Kier alpha value is -0.830. The predicted octanol–water partition coefficient (Wildman–Crippen LogP) is 4.08. The maximum Gasteiger partial charge on any atom is 0.252 e. The lowest BCUT2D eigenvalue weighted by Gasteiger charge is -2.33. The first kappa shape index (κ1) is 14.2. The summed E-state index contributed by atoms with van der Waals surface area (Å²) in [5.74, 6) is 0.532. The molecule has 0 aliphatic rings. The van der Waals surface area contributed by atoms with Crippen molar-refractivity contribution in [1.82, 2.24) is 5.32 Å². The Morgan fingerprint density at radius 2 is 2.24 bits per heavy atom. The van der Waals surface area contributed by atoms with Gasteiger partial charge in [0.05, 0.1) is 5.56 Å². The van der Waals surface area contributed by atoms with Crippen LogP contribution in [0.15, 0.2) is 16.8 Å². The van der Waals surface area contributed by atoms with E-state index in [1.165, 1.54) is 12.8 Å². The molecule has 1 N–H and O–H groups in total. The van der Waals surface area contributed by atoms with Gasteiger partial charge in [-0.3, -0.25) is 4.79 Å². The van der Waals surface area contributed by atoms with Crippen LogP contribution < -0.4 is 5.32 Å². The predicted molar refractivity (Wildman–Crippen MR) is 74.6 cm³/mol. The molecule has 1 atom stereocenters. The topological polar surface area (TPSA) is 29.1 Å². The van der Waals surface area contributed by atoms with Crippen LogP contribution in [0.5, 0.6) is 0 Å². The summed E-state index contributed by atoms with van der Waals surface area (Å²) in [4.78, 5) is 12.0. The smallest absolute Gasteiger partial charge is 0.252 e. The van der Waals surface area contributed by atoms with E-state index in [2.05, 4.69) is 33.0 Å². The SMILES string of the molecule is CCCCC(C)C(C)(C)NC(=O)c1ccsc1. The van der Waals surface area contributed by atoms with E-state index in [4.69, 9.17) is 0 Å². The van der Waals surface area contributed by atoms with Crippen LogP contribution in [-0.2, 0) is 0 Å². The third kappa shape index (κ3) is 4.15. The van der Waals surface area contributed by atoms with Crippen LogP contribution in [0.2, 0.25) is 0 Å². The molecule has 1 aromatic rings. The Kier molecular flexibility index (Phi) is 5.19. The average molecular weight is 253 g/mol. The molecule has 3 heteroatoms. The van der Waals surface area contributed by atoms with Crippen LogP contribution in [0.1, 0.15) is 57.3 Å². The van der Waals surface area contributed by atoms with Gasteiger partial charge in [0.2, 0.25) is 0 Å². The molecule has 0 aliphatic carbocycles. The van der Waals surface area contributed by atoms with E-state index in [1.807, 2.05) is 16.8 Å². The van der Waals surface area contributed by atoms with Crippen molar-refractivity contribution in [3.63, 3.8) is 0 Å². The van der Waals surface area contributed by atoms with Gasteiger partial charge in [0.15, 0.2) is 0 Å². The zero-order valence-electron chi connectivity index (χ0n) is 11.2. The number of amides is 1. The minimum atomic E-state index is -0.145. The number of nitrogens with one attached hydrogen (secondary N) is 1. The number of carbonyl (C=O) groups excluding carboxylic acids is 1. The van der Waals surface area contributed by atoms with Crippen molar-refractivity contribution < 1.29 is 4.79 Å². The first-order valence-corrected chi connectivity index (χ1v) is 7.26. The summed E-state index contributed by atoms with van der Waals surface area (Å²) in [7, 11) is 0. The zero-order valence-corrected chi connectivity index (χ0v) is 12.1. The van der Waals surface area contributed by atoms with E-state index in [0.29, 0.717) is 5.92 Å². The Bertz CT molecular complexity index is 343. The molecule has 1 rings (SSSR count). The summed E-state index contributed by atoms with van der Waals surface area (Å²) in [6.45, 7) is 8.63. The van der Waals surface area contributed by atoms with E-state index < -0.39 is 0 Å². The fourth-order valence-corrected chi connectivity index (χ4v) is 2.39. The minimum absolute atomic E-state index is 0.0413. The number of unbranched alkanes of at least 4 members (excludes halogenated alkanes) is 1. The van der Waals surface area contributed by atoms with Crippen LogP contribution in [0.3, 0.4) is 0 Å². The number of hydrogen-bond donors (Lipinski definition) is 1. The van der Waals surface area contributed by atoms with Gasteiger partial charge in [0, 0.05) is 10.9 Å². The lowest BCUT2D eigenvalue weighted by molar-refractivity contribution is 0.0881. The second-order valence-corrected chi connectivity index (χ2v) is 6.01. The van der Waals surface area contributed by atoms with Crippen molar-refractivity contribution in [2.75, 3.05) is 0 Å². The van der Waals surface area contributed by atoms with Gasteiger partial charge in [-0.2, -0.15) is 11.3 Å². The third-order valence-electron chi connectivity index (χ3n) is 3.44. The Labute approximate surface area is 108 Å². The molecule has 0 radical (unpaired) electrons. The summed E-state index contributed by atoms with van der Waals surface area (Å²) < 4.78 is 0. The molecule has 0 fully saturated rings. The van der Waals surface area contributed by atoms with E-state index in [0.717, 1.165) is 12.0 Å². The molecule has 1 heterocycles. The number of thiophene rings is 1. The number of hydrogen-bond acceptors (Lipinski definition) is 2. The largest absolute Gasteiger partial charge is 0.347 e. The molecular weight excluding hydrogens is 230 g/mol.